The Morgan fingerprint density at radius 2 is 2.36 bits per heavy atom. The summed E-state index contributed by atoms with van der Waals surface area (Å²) < 4.78 is 1.03. The fourth-order valence-corrected chi connectivity index (χ4v) is 2.62. The van der Waals surface area contributed by atoms with Crippen molar-refractivity contribution in [1.82, 2.24) is 0 Å². The Hall–Kier alpha value is -0.150. The van der Waals surface area contributed by atoms with Gasteiger partial charge in [-0.05, 0) is 34.5 Å². The molecule has 0 aliphatic carbocycles. The van der Waals surface area contributed by atoms with E-state index in [1.54, 1.807) is 0 Å². The maximum absolute atomic E-state index is 11.2. The summed E-state index contributed by atoms with van der Waals surface area (Å²) in [5.74, 6) is 0.234. The Labute approximate surface area is 78.6 Å². The van der Waals surface area contributed by atoms with Gasteiger partial charge in [0.15, 0.2) is 5.78 Å². The first-order chi connectivity index (χ1) is 5.15. The number of hydrogen-bond donors (Lipinski definition) is 0. The van der Waals surface area contributed by atoms with Crippen LogP contribution in [0.3, 0.4) is 0 Å². The van der Waals surface area contributed by atoms with Crippen LogP contribution in [0.2, 0.25) is 0 Å². The lowest BCUT2D eigenvalue weighted by molar-refractivity contribution is 0.0991. The van der Waals surface area contributed by atoms with Crippen LogP contribution in [0.4, 0.5) is 0 Å². The molecular formula is C8H9BrOS. The highest BCUT2D eigenvalue weighted by Crippen LogP contribution is 2.27. The molecule has 0 atom stereocenters. The quantitative estimate of drug-likeness (QED) is 0.715. The van der Waals surface area contributed by atoms with Gasteiger partial charge in [-0.2, -0.15) is 0 Å². The van der Waals surface area contributed by atoms with E-state index in [1.165, 1.54) is 11.3 Å². The molecule has 0 aliphatic rings. The van der Waals surface area contributed by atoms with E-state index in [9.17, 15) is 4.79 Å². The molecule has 0 fully saturated rings. The summed E-state index contributed by atoms with van der Waals surface area (Å²) >= 11 is 4.86. The van der Waals surface area contributed by atoms with E-state index in [1.807, 2.05) is 19.9 Å². The summed E-state index contributed by atoms with van der Waals surface area (Å²) in [7, 11) is 0. The number of ketones is 1. The van der Waals surface area contributed by atoms with E-state index in [4.69, 9.17) is 0 Å². The number of thiophene rings is 1. The number of aryl methyl sites for hydroxylation is 1. The van der Waals surface area contributed by atoms with Gasteiger partial charge >= 0.3 is 0 Å². The molecule has 0 spiro atoms. The van der Waals surface area contributed by atoms with Crippen molar-refractivity contribution >= 4 is 33.0 Å². The predicted octanol–water partition coefficient (Wildman–Crippen LogP) is 3.41. The SMILES string of the molecule is CCC(=O)c1sc(Br)cc1C. The molecule has 11 heavy (non-hydrogen) atoms. The second kappa shape index (κ2) is 3.50. The van der Waals surface area contributed by atoms with E-state index < -0.39 is 0 Å². The average molecular weight is 233 g/mol. The Kier molecular flexibility index (Phi) is 2.84. The fraction of sp³-hybridized carbons (Fsp3) is 0.375. The molecule has 1 nitrogen and oxygen atoms in total. The van der Waals surface area contributed by atoms with Gasteiger partial charge in [0.2, 0.25) is 0 Å². The molecule has 0 N–H and O–H groups in total. The first kappa shape index (κ1) is 8.94. The van der Waals surface area contributed by atoms with Crippen molar-refractivity contribution < 1.29 is 4.79 Å². The molecule has 60 valence electrons. The Morgan fingerprint density at radius 3 is 2.73 bits per heavy atom. The van der Waals surface area contributed by atoms with Crippen LogP contribution < -0.4 is 0 Å². The van der Waals surface area contributed by atoms with Gasteiger partial charge in [0.05, 0.1) is 8.66 Å². The molecule has 1 heterocycles. The van der Waals surface area contributed by atoms with E-state index >= 15 is 0 Å². The molecule has 0 aliphatic heterocycles. The van der Waals surface area contributed by atoms with Crippen LogP contribution in [0.5, 0.6) is 0 Å². The molecule has 1 aromatic rings. The zero-order chi connectivity index (χ0) is 8.43. The Bertz CT molecular complexity index is 278. The standard InChI is InChI=1S/C8H9BrOS/c1-3-6(10)8-5(2)4-7(9)11-8/h4H,3H2,1-2H3. The van der Waals surface area contributed by atoms with Gasteiger partial charge in [-0.1, -0.05) is 6.92 Å². The molecule has 0 saturated carbocycles. The van der Waals surface area contributed by atoms with Gasteiger partial charge in [0.25, 0.3) is 0 Å². The summed E-state index contributed by atoms with van der Waals surface area (Å²) in [6.07, 6.45) is 0.591. The lowest BCUT2D eigenvalue weighted by Gasteiger charge is -1.92. The molecule has 0 bridgehead atoms. The maximum Gasteiger partial charge on any atom is 0.172 e. The maximum atomic E-state index is 11.2. The van der Waals surface area contributed by atoms with Crippen LogP contribution in [-0.4, -0.2) is 5.78 Å². The highest BCUT2D eigenvalue weighted by molar-refractivity contribution is 9.11. The van der Waals surface area contributed by atoms with Crippen LogP contribution >= 0.6 is 27.3 Å². The first-order valence-electron chi connectivity index (χ1n) is 3.44. The molecular weight excluding hydrogens is 224 g/mol. The third-order valence-corrected chi connectivity index (χ3v) is 3.24. The molecule has 0 saturated heterocycles. The van der Waals surface area contributed by atoms with Gasteiger partial charge in [-0.25, -0.2) is 0 Å². The topological polar surface area (TPSA) is 17.1 Å². The summed E-state index contributed by atoms with van der Waals surface area (Å²) in [6.45, 7) is 3.85. The van der Waals surface area contributed by atoms with E-state index in [0.717, 1.165) is 14.2 Å². The number of rotatable bonds is 2. The summed E-state index contributed by atoms with van der Waals surface area (Å²) in [5.41, 5.74) is 1.08. The minimum atomic E-state index is 0.234. The van der Waals surface area contributed by atoms with Gasteiger partial charge < -0.3 is 0 Å². The Balaban J connectivity index is 3.03. The van der Waals surface area contributed by atoms with Crippen molar-refractivity contribution in [3.63, 3.8) is 0 Å². The summed E-state index contributed by atoms with van der Waals surface area (Å²) in [5, 5.41) is 0. The molecule has 0 amide bonds. The highest BCUT2D eigenvalue weighted by atomic mass is 79.9. The van der Waals surface area contributed by atoms with Crippen LogP contribution in [0, 0.1) is 6.92 Å². The lowest BCUT2D eigenvalue weighted by Crippen LogP contribution is -1.93. The predicted molar refractivity (Wildman–Crippen MR) is 51.4 cm³/mol. The highest BCUT2D eigenvalue weighted by Gasteiger charge is 2.09. The van der Waals surface area contributed by atoms with Crippen LogP contribution in [-0.2, 0) is 0 Å². The molecule has 0 aromatic carbocycles. The van der Waals surface area contributed by atoms with Crippen LogP contribution in [0.25, 0.3) is 0 Å². The number of Topliss-reactive ketones (excluding diaryl/α,β-unsaturated/α-hetero) is 1. The van der Waals surface area contributed by atoms with Gasteiger partial charge in [-0.15, -0.1) is 11.3 Å². The number of hydrogen-bond acceptors (Lipinski definition) is 2. The fourth-order valence-electron chi connectivity index (χ4n) is 0.881. The van der Waals surface area contributed by atoms with Crippen molar-refractivity contribution in [2.45, 2.75) is 20.3 Å². The van der Waals surface area contributed by atoms with E-state index in [-0.39, 0.29) is 5.78 Å². The van der Waals surface area contributed by atoms with Crippen molar-refractivity contribution in [1.29, 1.82) is 0 Å². The average Bonchev–Trinajstić information content (AvgIpc) is 2.28. The van der Waals surface area contributed by atoms with Gasteiger partial charge in [0, 0.05) is 6.42 Å². The van der Waals surface area contributed by atoms with Crippen molar-refractivity contribution in [3.8, 4) is 0 Å². The molecule has 1 rings (SSSR count). The summed E-state index contributed by atoms with van der Waals surface area (Å²) in [4.78, 5) is 12.1. The third-order valence-electron chi connectivity index (χ3n) is 1.46. The number of carbonyl (C=O) groups is 1. The van der Waals surface area contributed by atoms with E-state index in [0.29, 0.717) is 6.42 Å². The second-order valence-electron chi connectivity index (χ2n) is 2.34. The van der Waals surface area contributed by atoms with Crippen LogP contribution in [0.15, 0.2) is 9.85 Å². The van der Waals surface area contributed by atoms with Crippen molar-refractivity contribution in [2.24, 2.45) is 0 Å². The molecule has 1 aromatic heterocycles. The largest absolute Gasteiger partial charge is 0.293 e. The Morgan fingerprint density at radius 1 is 1.73 bits per heavy atom. The van der Waals surface area contributed by atoms with Gasteiger partial charge in [0.1, 0.15) is 0 Å². The second-order valence-corrected chi connectivity index (χ2v) is 4.77. The zero-order valence-corrected chi connectivity index (χ0v) is 8.88. The minimum absolute atomic E-state index is 0.234. The molecule has 3 heteroatoms. The van der Waals surface area contributed by atoms with Crippen molar-refractivity contribution in [3.05, 3.63) is 20.3 Å². The zero-order valence-electron chi connectivity index (χ0n) is 6.48. The van der Waals surface area contributed by atoms with Gasteiger partial charge in [-0.3, -0.25) is 4.79 Å². The number of carbonyl (C=O) groups excluding carboxylic acids is 1. The molecule has 0 unspecified atom stereocenters. The number of halogens is 1. The minimum Gasteiger partial charge on any atom is -0.293 e. The monoisotopic (exact) mass is 232 g/mol. The molecule has 0 radical (unpaired) electrons. The first-order valence-corrected chi connectivity index (χ1v) is 5.05. The van der Waals surface area contributed by atoms with Crippen molar-refractivity contribution in [2.75, 3.05) is 0 Å². The van der Waals surface area contributed by atoms with Crippen LogP contribution in [0.1, 0.15) is 28.6 Å². The smallest absolute Gasteiger partial charge is 0.172 e. The lowest BCUT2D eigenvalue weighted by atomic mass is 10.2. The summed E-state index contributed by atoms with van der Waals surface area (Å²) in [6, 6.07) is 1.98. The van der Waals surface area contributed by atoms with E-state index in [2.05, 4.69) is 15.9 Å². The third kappa shape index (κ3) is 1.91. The normalized spacial score (nSPS) is 10.1.